The Morgan fingerprint density at radius 3 is 2.18 bits per heavy atom. The molecule has 110 valence electrons. The Kier molecular flexibility index (Phi) is 3.79. The van der Waals surface area contributed by atoms with E-state index in [1.807, 2.05) is 30.3 Å². The average Bonchev–Trinajstić information content (AvgIpc) is 2.53. The fourth-order valence-corrected chi connectivity index (χ4v) is 2.57. The molecule has 0 radical (unpaired) electrons. The minimum Gasteiger partial charge on any atom is -0.508 e. The van der Waals surface area contributed by atoms with Crippen molar-refractivity contribution in [2.24, 2.45) is 5.73 Å². The van der Waals surface area contributed by atoms with Crippen LogP contribution in [0.3, 0.4) is 0 Å². The quantitative estimate of drug-likeness (QED) is 0.507. The zero-order chi connectivity index (χ0) is 15.5. The molecular formula is C19H18N2O. The van der Waals surface area contributed by atoms with E-state index in [-0.39, 0.29) is 5.84 Å². The fraction of sp³-hybridized carbons (Fsp3) is 0.105. The molecule has 0 amide bonds. The normalized spacial score (nSPS) is 10.7. The Bertz CT molecular complexity index is 822. The molecule has 0 spiro atoms. The maximum absolute atomic E-state index is 9.30. The zero-order valence-corrected chi connectivity index (χ0v) is 12.2. The van der Waals surface area contributed by atoms with Crippen LogP contribution in [0.4, 0.5) is 0 Å². The van der Waals surface area contributed by atoms with Gasteiger partial charge in [-0.3, -0.25) is 5.41 Å². The first kappa shape index (κ1) is 14.1. The lowest BCUT2D eigenvalue weighted by molar-refractivity contribution is 0.475. The van der Waals surface area contributed by atoms with E-state index in [9.17, 15) is 5.11 Å². The highest BCUT2D eigenvalue weighted by Gasteiger charge is 2.02. The van der Waals surface area contributed by atoms with Crippen molar-refractivity contribution in [2.75, 3.05) is 0 Å². The first-order valence-electron chi connectivity index (χ1n) is 7.27. The lowest BCUT2D eigenvalue weighted by atomic mass is 10.00. The summed E-state index contributed by atoms with van der Waals surface area (Å²) < 4.78 is 0. The molecule has 0 aliphatic heterocycles. The van der Waals surface area contributed by atoms with Crippen molar-refractivity contribution in [3.8, 4) is 5.75 Å². The number of nitrogen functional groups attached to an aromatic ring is 1. The number of amidine groups is 1. The number of fused-ring (bicyclic) bond motifs is 1. The summed E-state index contributed by atoms with van der Waals surface area (Å²) in [6.45, 7) is 0. The number of phenols is 1. The molecule has 0 fully saturated rings. The number of hydrogen-bond acceptors (Lipinski definition) is 2. The van der Waals surface area contributed by atoms with Crippen LogP contribution in [-0.4, -0.2) is 10.9 Å². The molecule has 0 atom stereocenters. The third-order valence-corrected chi connectivity index (χ3v) is 3.85. The molecule has 3 heteroatoms. The van der Waals surface area contributed by atoms with E-state index >= 15 is 0 Å². The Labute approximate surface area is 129 Å². The van der Waals surface area contributed by atoms with Crippen LogP contribution in [0.25, 0.3) is 10.8 Å². The predicted molar refractivity (Wildman–Crippen MR) is 90.5 cm³/mol. The van der Waals surface area contributed by atoms with Gasteiger partial charge in [-0.1, -0.05) is 42.5 Å². The molecule has 3 aromatic carbocycles. The molecule has 0 aliphatic rings. The number of phenolic OH excluding ortho intramolecular Hbond substituents is 1. The largest absolute Gasteiger partial charge is 0.508 e. The highest BCUT2D eigenvalue weighted by atomic mass is 16.3. The predicted octanol–water partition coefficient (Wildman–Crippen LogP) is 3.61. The van der Waals surface area contributed by atoms with Gasteiger partial charge in [0.1, 0.15) is 11.6 Å². The topological polar surface area (TPSA) is 70.1 Å². The summed E-state index contributed by atoms with van der Waals surface area (Å²) in [5, 5.41) is 19.1. The summed E-state index contributed by atoms with van der Waals surface area (Å²) >= 11 is 0. The van der Waals surface area contributed by atoms with Crippen molar-refractivity contribution < 1.29 is 5.11 Å². The summed E-state index contributed by atoms with van der Waals surface area (Å²) in [5.74, 6) is 0.391. The van der Waals surface area contributed by atoms with Crippen LogP contribution in [0.15, 0.2) is 60.7 Å². The van der Waals surface area contributed by atoms with Crippen LogP contribution < -0.4 is 5.73 Å². The molecule has 0 aromatic heterocycles. The third kappa shape index (κ3) is 3.09. The number of rotatable bonds is 4. The zero-order valence-electron chi connectivity index (χ0n) is 12.2. The van der Waals surface area contributed by atoms with Gasteiger partial charge in [0.25, 0.3) is 0 Å². The molecule has 3 nitrogen and oxygen atoms in total. The Morgan fingerprint density at radius 1 is 0.818 bits per heavy atom. The number of nitrogens with two attached hydrogens (primary N) is 1. The van der Waals surface area contributed by atoms with Gasteiger partial charge >= 0.3 is 0 Å². The molecule has 0 saturated carbocycles. The first-order chi connectivity index (χ1) is 10.6. The number of aryl methyl sites for hydroxylation is 2. The highest BCUT2D eigenvalue weighted by molar-refractivity contribution is 5.99. The molecule has 0 unspecified atom stereocenters. The van der Waals surface area contributed by atoms with E-state index in [0.29, 0.717) is 5.75 Å². The number of aromatic hydroxyl groups is 1. The highest BCUT2D eigenvalue weighted by Crippen LogP contribution is 2.19. The van der Waals surface area contributed by atoms with Gasteiger partial charge in [0, 0.05) is 5.56 Å². The summed E-state index contributed by atoms with van der Waals surface area (Å²) in [6.07, 6.45) is 1.86. The summed E-state index contributed by atoms with van der Waals surface area (Å²) in [7, 11) is 0. The second-order valence-electron chi connectivity index (χ2n) is 5.48. The smallest absolute Gasteiger partial charge is 0.122 e. The second-order valence-corrected chi connectivity index (χ2v) is 5.48. The Morgan fingerprint density at radius 2 is 1.45 bits per heavy atom. The molecule has 4 N–H and O–H groups in total. The Hall–Kier alpha value is -2.81. The van der Waals surface area contributed by atoms with Gasteiger partial charge in [0.05, 0.1) is 0 Å². The van der Waals surface area contributed by atoms with Crippen molar-refractivity contribution in [2.45, 2.75) is 12.8 Å². The van der Waals surface area contributed by atoms with Gasteiger partial charge in [-0.05, 0) is 52.9 Å². The lowest BCUT2D eigenvalue weighted by Gasteiger charge is -2.06. The van der Waals surface area contributed by atoms with Gasteiger partial charge in [0.15, 0.2) is 0 Å². The van der Waals surface area contributed by atoms with Crippen LogP contribution in [0.2, 0.25) is 0 Å². The van der Waals surface area contributed by atoms with Crippen LogP contribution >= 0.6 is 0 Å². The molecule has 3 aromatic rings. The van der Waals surface area contributed by atoms with E-state index in [2.05, 4.69) is 18.2 Å². The van der Waals surface area contributed by atoms with Crippen molar-refractivity contribution in [1.82, 2.24) is 0 Å². The number of benzene rings is 3. The monoisotopic (exact) mass is 290 g/mol. The molecule has 0 aliphatic carbocycles. The van der Waals surface area contributed by atoms with Gasteiger partial charge in [0.2, 0.25) is 0 Å². The van der Waals surface area contributed by atoms with Crippen LogP contribution in [0, 0.1) is 5.41 Å². The molecule has 22 heavy (non-hydrogen) atoms. The molecular weight excluding hydrogens is 272 g/mol. The van der Waals surface area contributed by atoms with Gasteiger partial charge < -0.3 is 10.8 Å². The van der Waals surface area contributed by atoms with Crippen molar-refractivity contribution >= 4 is 16.6 Å². The van der Waals surface area contributed by atoms with Gasteiger partial charge in [-0.25, -0.2) is 0 Å². The van der Waals surface area contributed by atoms with Crippen LogP contribution in [-0.2, 0) is 12.8 Å². The number of hydrogen-bond donors (Lipinski definition) is 3. The van der Waals surface area contributed by atoms with Crippen LogP contribution in [0.1, 0.15) is 16.7 Å². The lowest BCUT2D eigenvalue weighted by Crippen LogP contribution is -2.10. The van der Waals surface area contributed by atoms with Crippen molar-refractivity contribution in [3.05, 3.63) is 77.4 Å². The fourth-order valence-electron chi connectivity index (χ4n) is 2.57. The number of nitrogens with one attached hydrogen (secondary N) is 1. The van der Waals surface area contributed by atoms with E-state index in [0.717, 1.165) is 29.2 Å². The van der Waals surface area contributed by atoms with E-state index in [4.69, 9.17) is 11.1 Å². The SMILES string of the molecule is N=C(N)c1ccc2ccc(CCc3ccc(O)cc3)cc2c1. The van der Waals surface area contributed by atoms with E-state index < -0.39 is 0 Å². The van der Waals surface area contributed by atoms with E-state index in [1.165, 1.54) is 11.1 Å². The minimum absolute atomic E-state index is 0.0939. The Balaban J connectivity index is 1.81. The van der Waals surface area contributed by atoms with Crippen LogP contribution in [0.5, 0.6) is 5.75 Å². The van der Waals surface area contributed by atoms with E-state index in [1.54, 1.807) is 12.1 Å². The molecule has 0 saturated heterocycles. The standard InChI is InChI=1S/C19H18N2O/c20-19(21)16-8-7-15-6-3-14(11-17(15)12-16)2-1-13-4-9-18(22)10-5-13/h3-12,22H,1-2H2,(H3,20,21). The van der Waals surface area contributed by atoms with Gasteiger partial charge in [-0.2, -0.15) is 0 Å². The van der Waals surface area contributed by atoms with Crippen molar-refractivity contribution in [1.29, 1.82) is 5.41 Å². The maximum atomic E-state index is 9.30. The maximum Gasteiger partial charge on any atom is 0.122 e. The van der Waals surface area contributed by atoms with Gasteiger partial charge in [-0.15, -0.1) is 0 Å². The average molecular weight is 290 g/mol. The summed E-state index contributed by atoms with van der Waals surface area (Å²) in [6, 6.07) is 19.6. The van der Waals surface area contributed by atoms with Crippen molar-refractivity contribution in [3.63, 3.8) is 0 Å². The minimum atomic E-state index is 0.0939. The summed E-state index contributed by atoms with van der Waals surface area (Å²) in [4.78, 5) is 0. The molecule has 3 rings (SSSR count). The first-order valence-corrected chi connectivity index (χ1v) is 7.27. The molecule has 0 heterocycles. The molecule has 0 bridgehead atoms. The summed E-state index contributed by atoms with van der Waals surface area (Å²) in [5.41, 5.74) is 8.76. The third-order valence-electron chi connectivity index (χ3n) is 3.85. The second kappa shape index (κ2) is 5.90.